The van der Waals surface area contributed by atoms with E-state index < -0.39 is 47.3 Å². The number of aryl methyl sites for hydroxylation is 1. The van der Waals surface area contributed by atoms with Crippen molar-refractivity contribution in [2.24, 2.45) is 18.5 Å². The van der Waals surface area contributed by atoms with E-state index in [2.05, 4.69) is 5.10 Å². The van der Waals surface area contributed by atoms with Crippen molar-refractivity contribution in [1.82, 2.24) is 9.78 Å². The summed E-state index contributed by atoms with van der Waals surface area (Å²) >= 11 is 1.06. The molecule has 0 spiro atoms. The number of rotatable bonds is 4. The van der Waals surface area contributed by atoms with Gasteiger partial charge in [0.2, 0.25) is 0 Å². The fourth-order valence-corrected chi connectivity index (χ4v) is 5.40. The van der Waals surface area contributed by atoms with Gasteiger partial charge in [0.1, 0.15) is 35.0 Å². The van der Waals surface area contributed by atoms with Gasteiger partial charge in [0, 0.05) is 18.5 Å². The number of hydrogen-bond donors (Lipinski definition) is 2. The van der Waals surface area contributed by atoms with Gasteiger partial charge in [-0.25, -0.2) is 13.2 Å². The predicted octanol–water partition coefficient (Wildman–Crippen LogP) is 3.18. The molecule has 1 fully saturated rings. The number of primary amides is 1. The topological polar surface area (TPSA) is 99.4 Å². The molecule has 1 aromatic heterocycles. The van der Waals surface area contributed by atoms with E-state index >= 15 is 0 Å². The lowest BCUT2D eigenvalue weighted by Gasteiger charge is -2.30. The number of hydrogen-bond acceptors (Lipinski definition) is 6. The van der Waals surface area contributed by atoms with Gasteiger partial charge in [-0.3, -0.25) is 9.48 Å². The molecule has 5 atom stereocenters. The second kappa shape index (κ2) is 8.80. The molecular formula is C21H24F3N5O2S. The SMILES string of the molecule is C[C@@H]1O[C@H](c2c(N3C(C(N)=O)=CSC3c3c(F)cccc3F)cnn2C)CC[C@@H](N)[C@H]1F. The maximum absolute atomic E-state index is 14.7. The largest absolute Gasteiger partial charge is 0.366 e. The third-order valence-electron chi connectivity index (χ3n) is 5.83. The number of ether oxygens (including phenoxy) is 1. The first-order valence-corrected chi connectivity index (χ1v) is 11.1. The van der Waals surface area contributed by atoms with Gasteiger partial charge < -0.3 is 21.1 Å². The van der Waals surface area contributed by atoms with Gasteiger partial charge in [0.25, 0.3) is 5.91 Å². The van der Waals surface area contributed by atoms with Crippen LogP contribution in [0.5, 0.6) is 0 Å². The third-order valence-corrected chi connectivity index (χ3v) is 6.89. The molecule has 11 heteroatoms. The lowest BCUT2D eigenvalue weighted by molar-refractivity contribution is -0.114. The highest BCUT2D eigenvalue weighted by Gasteiger charge is 2.40. The van der Waals surface area contributed by atoms with E-state index in [9.17, 15) is 18.0 Å². The molecule has 0 aliphatic carbocycles. The van der Waals surface area contributed by atoms with E-state index in [-0.39, 0.29) is 11.3 Å². The molecule has 4 N–H and O–H groups in total. The zero-order chi connectivity index (χ0) is 23.2. The van der Waals surface area contributed by atoms with E-state index in [4.69, 9.17) is 16.2 Å². The lowest BCUT2D eigenvalue weighted by atomic mass is 10.0. The minimum Gasteiger partial charge on any atom is -0.366 e. The van der Waals surface area contributed by atoms with Crippen molar-refractivity contribution in [2.45, 2.75) is 49.6 Å². The minimum atomic E-state index is -1.33. The molecule has 2 aliphatic heterocycles. The van der Waals surface area contributed by atoms with Crippen molar-refractivity contribution in [2.75, 3.05) is 4.90 Å². The Labute approximate surface area is 187 Å². The zero-order valence-corrected chi connectivity index (χ0v) is 18.4. The number of nitrogens with two attached hydrogens (primary N) is 2. The van der Waals surface area contributed by atoms with Gasteiger partial charge in [-0.2, -0.15) is 5.10 Å². The molecule has 0 saturated carbocycles. The molecule has 0 bridgehead atoms. The van der Waals surface area contributed by atoms with Gasteiger partial charge in [0.05, 0.1) is 29.2 Å². The molecule has 0 radical (unpaired) electrons. The zero-order valence-electron chi connectivity index (χ0n) is 17.5. The van der Waals surface area contributed by atoms with E-state index in [1.165, 1.54) is 22.6 Å². The Kier molecular flexibility index (Phi) is 6.24. The summed E-state index contributed by atoms with van der Waals surface area (Å²) in [6, 6.07) is 2.91. The Hall–Kier alpha value is -2.50. The third kappa shape index (κ3) is 3.89. The average Bonchev–Trinajstić information content (AvgIpc) is 3.30. The summed E-state index contributed by atoms with van der Waals surface area (Å²) in [5.41, 5.74) is 12.3. The van der Waals surface area contributed by atoms with Gasteiger partial charge in [0.15, 0.2) is 0 Å². The Balaban J connectivity index is 1.80. The van der Waals surface area contributed by atoms with Crippen LogP contribution in [0.4, 0.5) is 18.9 Å². The van der Waals surface area contributed by atoms with Crippen LogP contribution in [0.15, 0.2) is 35.5 Å². The van der Waals surface area contributed by atoms with Crippen molar-refractivity contribution in [1.29, 1.82) is 0 Å². The Morgan fingerprint density at radius 1 is 1.28 bits per heavy atom. The van der Waals surface area contributed by atoms with E-state index in [1.54, 1.807) is 18.7 Å². The van der Waals surface area contributed by atoms with Gasteiger partial charge in [-0.05, 0) is 31.9 Å². The summed E-state index contributed by atoms with van der Waals surface area (Å²) in [7, 11) is 1.68. The van der Waals surface area contributed by atoms with Crippen LogP contribution in [0.2, 0.25) is 0 Å². The number of carbonyl (C=O) groups is 1. The predicted molar refractivity (Wildman–Crippen MR) is 115 cm³/mol. The standard InChI is InChI=1S/C21H24F3N5O2S/c1-10-18(24)13(25)6-7-16(31-10)19-14(8-27-28(19)2)29-15(20(26)30)9-32-21(29)17-11(22)4-3-5-12(17)23/h3-5,8-10,13,16,18,21H,6-7,25H2,1-2H3,(H2,26,30)/t10-,13+,16-,18-,21?/m0/s1. The maximum Gasteiger partial charge on any atom is 0.265 e. The molecule has 3 heterocycles. The van der Waals surface area contributed by atoms with Crippen molar-refractivity contribution >= 4 is 23.4 Å². The van der Waals surface area contributed by atoms with E-state index in [0.717, 1.165) is 23.9 Å². The Morgan fingerprint density at radius 2 is 1.97 bits per heavy atom. The Morgan fingerprint density at radius 3 is 2.62 bits per heavy atom. The highest BCUT2D eigenvalue weighted by atomic mass is 32.2. The second-order valence-electron chi connectivity index (χ2n) is 7.92. The summed E-state index contributed by atoms with van der Waals surface area (Å²) in [5.74, 6) is -2.25. The molecule has 32 heavy (non-hydrogen) atoms. The number of carbonyl (C=O) groups excluding carboxylic acids is 1. The van der Waals surface area contributed by atoms with Crippen LogP contribution in [-0.4, -0.2) is 34.0 Å². The van der Waals surface area contributed by atoms with Crippen LogP contribution in [0, 0.1) is 11.6 Å². The number of anilines is 1. The van der Waals surface area contributed by atoms with Crippen molar-refractivity contribution in [3.63, 3.8) is 0 Å². The molecular weight excluding hydrogens is 443 g/mol. The molecule has 1 unspecified atom stereocenters. The number of halogens is 3. The number of benzene rings is 1. The molecule has 2 aliphatic rings. The summed E-state index contributed by atoms with van der Waals surface area (Å²) in [6.07, 6.45) is -0.424. The minimum absolute atomic E-state index is 0.0682. The molecule has 1 aromatic carbocycles. The normalized spacial score (nSPS) is 28.5. The first-order valence-electron chi connectivity index (χ1n) is 10.2. The van der Waals surface area contributed by atoms with Crippen LogP contribution < -0.4 is 16.4 Å². The van der Waals surface area contributed by atoms with Crippen LogP contribution in [0.3, 0.4) is 0 Å². The first kappa shape index (κ1) is 22.7. The number of amides is 1. The summed E-state index contributed by atoms with van der Waals surface area (Å²) in [4.78, 5) is 13.7. The quantitative estimate of drug-likeness (QED) is 0.717. The van der Waals surface area contributed by atoms with Gasteiger partial charge in [-0.1, -0.05) is 6.07 Å². The van der Waals surface area contributed by atoms with Crippen molar-refractivity contribution in [3.8, 4) is 0 Å². The van der Waals surface area contributed by atoms with Gasteiger partial charge >= 0.3 is 0 Å². The lowest BCUT2D eigenvalue weighted by Crippen LogP contribution is -2.37. The van der Waals surface area contributed by atoms with E-state index in [1.807, 2.05) is 0 Å². The smallest absolute Gasteiger partial charge is 0.265 e. The van der Waals surface area contributed by atoms with Crippen molar-refractivity contribution in [3.05, 3.63) is 58.4 Å². The fraction of sp³-hybridized carbons (Fsp3) is 0.429. The highest BCUT2D eigenvalue weighted by molar-refractivity contribution is 8.02. The molecule has 4 rings (SSSR count). The van der Waals surface area contributed by atoms with Crippen LogP contribution in [0.1, 0.15) is 42.5 Å². The van der Waals surface area contributed by atoms with E-state index in [0.29, 0.717) is 24.2 Å². The molecule has 7 nitrogen and oxygen atoms in total. The fourth-order valence-electron chi connectivity index (χ4n) is 4.20. The molecule has 1 amide bonds. The summed E-state index contributed by atoms with van der Waals surface area (Å²) < 4.78 is 51.3. The van der Waals surface area contributed by atoms with Gasteiger partial charge in [-0.15, -0.1) is 11.8 Å². The van der Waals surface area contributed by atoms with Crippen LogP contribution in [-0.2, 0) is 16.6 Å². The first-order chi connectivity index (χ1) is 15.2. The van der Waals surface area contributed by atoms with Crippen LogP contribution >= 0.6 is 11.8 Å². The van der Waals surface area contributed by atoms with Crippen molar-refractivity contribution < 1.29 is 22.7 Å². The van der Waals surface area contributed by atoms with Crippen LogP contribution in [0.25, 0.3) is 0 Å². The second-order valence-corrected chi connectivity index (χ2v) is 8.87. The number of aromatic nitrogens is 2. The monoisotopic (exact) mass is 467 g/mol. The Bertz CT molecular complexity index is 1040. The highest BCUT2D eigenvalue weighted by Crippen LogP contribution is 2.49. The molecule has 172 valence electrons. The maximum atomic E-state index is 14.7. The number of nitrogens with zero attached hydrogens (tertiary/aromatic N) is 3. The molecule has 2 aromatic rings. The molecule has 1 saturated heterocycles. The number of alkyl halides is 1. The number of thioether (sulfide) groups is 1. The summed E-state index contributed by atoms with van der Waals surface area (Å²) in [5, 5.41) is 4.83. The summed E-state index contributed by atoms with van der Waals surface area (Å²) in [6.45, 7) is 1.61. The average molecular weight is 468 g/mol.